The van der Waals surface area contributed by atoms with Gasteiger partial charge < -0.3 is 5.32 Å². The SMILES string of the molecule is CC(C)c1ccccc1C1CN(Cc2ccc3c(c2)CCCC3)CCN1C1CC2(CCNCC2)C1. The molecule has 2 aromatic carbocycles. The van der Waals surface area contributed by atoms with Crippen molar-refractivity contribution >= 4 is 0 Å². The van der Waals surface area contributed by atoms with Crippen LogP contribution >= 0.6 is 0 Å². The first kappa shape index (κ1) is 23.7. The van der Waals surface area contributed by atoms with Crippen molar-refractivity contribution in [3.05, 3.63) is 70.3 Å². The second-order valence-electron chi connectivity index (χ2n) is 12.4. The first-order valence-electron chi connectivity index (χ1n) is 14.5. The highest BCUT2D eigenvalue weighted by Gasteiger charge is 2.49. The van der Waals surface area contributed by atoms with E-state index in [4.69, 9.17) is 0 Å². The van der Waals surface area contributed by atoms with E-state index in [9.17, 15) is 0 Å². The number of rotatable bonds is 5. The maximum absolute atomic E-state index is 3.58. The number of nitrogens with zero attached hydrogens (tertiary/aromatic N) is 2. The van der Waals surface area contributed by atoms with Gasteiger partial charge in [-0.25, -0.2) is 0 Å². The van der Waals surface area contributed by atoms with Gasteiger partial charge in [0.05, 0.1) is 0 Å². The molecule has 1 spiro atoms. The lowest BCUT2D eigenvalue weighted by molar-refractivity contribution is -0.0650. The third-order valence-electron chi connectivity index (χ3n) is 9.77. The molecule has 4 aliphatic rings. The molecule has 2 aliphatic carbocycles. The summed E-state index contributed by atoms with van der Waals surface area (Å²) >= 11 is 0. The minimum atomic E-state index is 0.518. The molecule has 188 valence electrons. The topological polar surface area (TPSA) is 18.5 Å². The quantitative estimate of drug-likeness (QED) is 0.570. The number of piperazine rings is 1. The van der Waals surface area contributed by atoms with Crippen molar-refractivity contribution in [2.75, 3.05) is 32.7 Å². The van der Waals surface area contributed by atoms with E-state index in [0.717, 1.165) is 19.1 Å². The van der Waals surface area contributed by atoms with Crippen LogP contribution in [-0.4, -0.2) is 48.6 Å². The largest absolute Gasteiger partial charge is 0.317 e. The third-order valence-corrected chi connectivity index (χ3v) is 9.77. The Labute approximate surface area is 213 Å². The van der Waals surface area contributed by atoms with Crippen LogP contribution < -0.4 is 5.32 Å². The van der Waals surface area contributed by atoms with Crippen LogP contribution in [0.25, 0.3) is 0 Å². The second-order valence-corrected chi connectivity index (χ2v) is 12.4. The van der Waals surface area contributed by atoms with Gasteiger partial charge in [0.1, 0.15) is 0 Å². The average molecular weight is 472 g/mol. The highest BCUT2D eigenvalue weighted by Crippen LogP contribution is 2.52. The van der Waals surface area contributed by atoms with Crippen molar-refractivity contribution in [3.63, 3.8) is 0 Å². The molecule has 1 unspecified atom stereocenters. The Bertz CT molecular complexity index is 1010. The molecular weight excluding hydrogens is 426 g/mol. The maximum Gasteiger partial charge on any atom is 0.0481 e. The van der Waals surface area contributed by atoms with Gasteiger partial charge in [0.15, 0.2) is 0 Å². The summed E-state index contributed by atoms with van der Waals surface area (Å²) in [5.41, 5.74) is 8.52. The number of benzene rings is 2. The van der Waals surface area contributed by atoms with Gasteiger partial charge in [0.2, 0.25) is 0 Å². The fraction of sp³-hybridized carbons (Fsp3) is 0.625. The molecule has 2 saturated heterocycles. The van der Waals surface area contributed by atoms with Crippen LogP contribution in [0, 0.1) is 5.41 Å². The number of fused-ring (bicyclic) bond motifs is 1. The summed E-state index contributed by atoms with van der Waals surface area (Å²) in [5, 5.41) is 3.58. The van der Waals surface area contributed by atoms with E-state index >= 15 is 0 Å². The predicted octanol–water partition coefficient (Wildman–Crippen LogP) is 6.08. The summed E-state index contributed by atoms with van der Waals surface area (Å²) in [4.78, 5) is 5.68. The van der Waals surface area contributed by atoms with Gasteiger partial charge in [0.25, 0.3) is 0 Å². The van der Waals surface area contributed by atoms with Gasteiger partial charge in [-0.3, -0.25) is 9.80 Å². The zero-order valence-electron chi connectivity index (χ0n) is 22.1. The van der Waals surface area contributed by atoms with Crippen LogP contribution in [0.5, 0.6) is 0 Å². The molecule has 35 heavy (non-hydrogen) atoms. The van der Waals surface area contributed by atoms with Gasteiger partial charge in [0, 0.05) is 38.3 Å². The Morgan fingerprint density at radius 3 is 2.51 bits per heavy atom. The van der Waals surface area contributed by atoms with E-state index in [0.29, 0.717) is 17.4 Å². The van der Waals surface area contributed by atoms with E-state index in [1.165, 1.54) is 83.1 Å². The summed E-state index contributed by atoms with van der Waals surface area (Å²) < 4.78 is 0. The lowest BCUT2D eigenvalue weighted by Gasteiger charge is -2.57. The molecule has 1 N–H and O–H groups in total. The lowest BCUT2D eigenvalue weighted by atomic mass is 9.60. The van der Waals surface area contributed by atoms with E-state index in [-0.39, 0.29) is 0 Å². The Hall–Kier alpha value is -1.68. The van der Waals surface area contributed by atoms with Crippen LogP contribution in [0.3, 0.4) is 0 Å². The average Bonchev–Trinajstić information content (AvgIpc) is 2.88. The smallest absolute Gasteiger partial charge is 0.0481 e. The Morgan fingerprint density at radius 1 is 0.943 bits per heavy atom. The van der Waals surface area contributed by atoms with Crippen molar-refractivity contribution in [2.45, 2.75) is 89.8 Å². The summed E-state index contributed by atoms with van der Waals surface area (Å²) in [5.74, 6) is 0.571. The summed E-state index contributed by atoms with van der Waals surface area (Å²) in [6, 6.07) is 18.0. The molecule has 1 atom stereocenters. The predicted molar refractivity (Wildman–Crippen MR) is 146 cm³/mol. The van der Waals surface area contributed by atoms with Crippen LogP contribution in [0.2, 0.25) is 0 Å². The molecule has 3 fully saturated rings. The zero-order valence-corrected chi connectivity index (χ0v) is 22.1. The highest BCUT2D eigenvalue weighted by molar-refractivity contribution is 5.35. The fourth-order valence-corrected chi connectivity index (χ4v) is 7.73. The number of piperidine rings is 1. The highest BCUT2D eigenvalue weighted by atomic mass is 15.3. The number of hydrogen-bond acceptors (Lipinski definition) is 3. The summed E-state index contributed by atoms with van der Waals surface area (Å²) in [6.07, 6.45) is 10.9. The van der Waals surface area contributed by atoms with Crippen LogP contribution in [0.15, 0.2) is 42.5 Å². The van der Waals surface area contributed by atoms with E-state index in [1.807, 2.05) is 0 Å². The molecule has 2 aromatic rings. The number of nitrogens with one attached hydrogen (secondary N) is 1. The van der Waals surface area contributed by atoms with Crippen LogP contribution in [0.4, 0.5) is 0 Å². The Morgan fingerprint density at radius 2 is 1.71 bits per heavy atom. The minimum Gasteiger partial charge on any atom is -0.317 e. The lowest BCUT2D eigenvalue weighted by Crippen LogP contribution is -2.59. The molecule has 0 amide bonds. The molecule has 3 heteroatoms. The number of aryl methyl sites for hydroxylation is 2. The van der Waals surface area contributed by atoms with Crippen molar-refractivity contribution in [3.8, 4) is 0 Å². The van der Waals surface area contributed by atoms with E-state index < -0.39 is 0 Å². The zero-order chi connectivity index (χ0) is 23.8. The normalized spacial score (nSPS) is 25.5. The number of hydrogen-bond donors (Lipinski definition) is 1. The standard InChI is InChI=1S/C32H45N3/c1-24(2)29-9-5-6-10-30(29)31-23-34(22-25-11-12-26-7-3-4-8-27(26)19-25)17-18-35(31)28-20-32(21-28)13-15-33-16-14-32/h5-6,9-12,19,24,28,31,33H,3-4,7-8,13-18,20-23H2,1-2H3. The molecule has 0 radical (unpaired) electrons. The molecule has 3 nitrogen and oxygen atoms in total. The minimum absolute atomic E-state index is 0.518. The molecular formula is C32H45N3. The van der Waals surface area contributed by atoms with Gasteiger partial charge in [-0.1, -0.05) is 56.3 Å². The van der Waals surface area contributed by atoms with Gasteiger partial charge in [-0.2, -0.15) is 0 Å². The maximum atomic E-state index is 3.58. The monoisotopic (exact) mass is 471 g/mol. The molecule has 2 heterocycles. The Kier molecular flexibility index (Phi) is 6.77. The first-order chi connectivity index (χ1) is 17.1. The van der Waals surface area contributed by atoms with E-state index in [2.05, 4.69) is 71.4 Å². The summed E-state index contributed by atoms with van der Waals surface area (Å²) in [7, 11) is 0. The van der Waals surface area contributed by atoms with Gasteiger partial charge >= 0.3 is 0 Å². The van der Waals surface area contributed by atoms with Crippen molar-refractivity contribution in [1.82, 2.24) is 15.1 Å². The Balaban J connectivity index is 1.22. The van der Waals surface area contributed by atoms with E-state index in [1.54, 1.807) is 22.3 Å². The molecule has 1 saturated carbocycles. The molecule has 0 bridgehead atoms. The van der Waals surface area contributed by atoms with Gasteiger partial charge in [-0.15, -0.1) is 0 Å². The van der Waals surface area contributed by atoms with Crippen LogP contribution in [0.1, 0.15) is 92.1 Å². The molecule has 0 aromatic heterocycles. The van der Waals surface area contributed by atoms with Crippen LogP contribution in [-0.2, 0) is 19.4 Å². The van der Waals surface area contributed by atoms with Crippen molar-refractivity contribution in [2.24, 2.45) is 5.41 Å². The van der Waals surface area contributed by atoms with Crippen molar-refractivity contribution < 1.29 is 0 Å². The third kappa shape index (κ3) is 4.84. The molecule has 6 rings (SSSR count). The fourth-order valence-electron chi connectivity index (χ4n) is 7.73. The summed E-state index contributed by atoms with van der Waals surface area (Å²) in [6.45, 7) is 11.8. The second kappa shape index (κ2) is 10.00. The van der Waals surface area contributed by atoms with Gasteiger partial charge in [-0.05, 0) is 104 Å². The first-order valence-corrected chi connectivity index (χ1v) is 14.5. The van der Waals surface area contributed by atoms with Crippen molar-refractivity contribution in [1.29, 1.82) is 0 Å². The molecule has 2 aliphatic heterocycles.